The minimum Gasteiger partial charge on any atom is -0.400 e. The molecule has 0 radical (unpaired) electrons. The second-order valence-electron chi connectivity index (χ2n) is 8.31. The van der Waals surface area contributed by atoms with Crippen molar-refractivity contribution >= 4 is 40.9 Å². The number of nitrogen functional groups attached to an aromatic ring is 1. The third-order valence-corrected chi connectivity index (χ3v) is 5.79. The summed E-state index contributed by atoms with van der Waals surface area (Å²) in [6, 6.07) is 8.66. The first-order valence-electron chi connectivity index (χ1n) is 13.1. The summed E-state index contributed by atoms with van der Waals surface area (Å²) in [4.78, 5) is 38.0. The zero-order valence-corrected chi connectivity index (χ0v) is 25.4. The van der Waals surface area contributed by atoms with Crippen LogP contribution in [0.5, 0.6) is 0 Å². The highest BCUT2D eigenvalue weighted by Crippen LogP contribution is 2.26. The van der Waals surface area contributed by atoms with Gasteiger partial charge < -0.3 is 26.4 Å². The fraction of sp³-hybridized carbons (Fsp3) is 0.571. The first kappa shape index (κ1) is 39.8. The Balaban J connectivity index is 0. The predicted octanol–water partition coefficient (Wildman–Crippen LogP) is 2.66. The van der Waals surface area contributed by atoms with E-state index in [4.69, 9.17) is 22.5 Å². The highest BCUT2D eigenvalue weighted by atomic mass is 32.2. The van der Waals surface area contributed by atoms with E-state index in [2.05, 4.69) is 16.6 Å². The Morgan fingerprint density at radius 2 is 1.98 bits per heavy atom. The zero-order chi connectivity index (χ0) is 31.8. The molecule has 0 aliphatic carbocycles. The lowest BCUT2D eigenvalue weighted by Crippen LogP contribution is -2.45. The summed E-state index contributed by atoms with van der Waals surface area (Å²) in [6.07, 6.45) is 7.16. The van der Waals surface area contributed by atoms with Gasteiger partial charge in [0.1, 0.15) is 5.92 Å². The van der Waals surface area contributed by atoms with Crippen molar-refractivity contribution in [2.75, 3.05) is 69.4 Å². The first-order valence-corrected chi connectivity index (χ1v) is 14.5. The molecule has 13 heteroatoms. The summed E-state index contributed by atoms with van der Waals surface area (Å²) < 4.78 is 26.4. The molecule has 1 aliphatic heterocycles. The number of nitriles is 1. The van der Waals surface area contributed by atoms with E-state index in [-0.39, 0.29) is 44.4 Å². The Morgan fingerprint density at radius 3 is 2.49 bits per heavy atom. The van der Waals surface area contributed by atoms with Crippen LogP contribution in [0.3, 0.4) is 0 Å². The number of anilines is 2. The summed E-state index contributed by atoms with van der Waals surface area (Å²) >= 11 is 1.41. The van der Waals surface area contributed by atoms with Crippen LogP contribution >= 0.6 is 11.8 Å². The molecule has 1 saturated heterocycles. The summed E-state index contributed by atoms with van der Waals surface area (Å²) in [5.41, 5.74) is 6.71. The minimum atomic E-state index is -2.68. The Hall–Kier alpha value is -3.39. The smallest absolute Gasteiger partial charge is 0.260 e. The number of rotatable bonds is 10. The quantitative estimate of drug-likeness (QED) is 0.237. The van der Waals surface area contributed by atoms with E-state index in [9.17, 15) is 23.2 Å². The molecule has 5 N–H and O–H groups in total. The second-order valence-corrected chi connectivity index (χ2v) is 9.18. The van der Waals surface area contributed by atoms with Crippen molar-refractivity contribution in [1.82, 2.24) is 15.1 Å². The van der Waals surface area contributed by atoms with Crippen molar-refractivity contribution in [2.24, 2.45) is 5.92 Å². The molecule has 1 fully saturated rings. The summed E-state index contributed by atoms with van der Waals surface area (Å²) in [5.74, 6) is -1.78. The molecule has 2 rings (SSSR count). The van der Waals surface area contributed by atoms with Crippen molar-refractivity contribution in [3.8, 4) is 18.4 Å². The number of hydrogen-bond acceptors (Lipinski definition) is 8. The number of thioether (sulfide) groups is 1. The van der Waals surface area contributed by atoms with Crippen LogP contribution in [0.2, 0.25) is 0 Å². The van der Waals surface area contributed by atoms with Crippen LogP contribution in [0, 0.1) is 29.6 Å². The van der Waals surface area contributed by atoms with Crippen molar-refractivity contribution < 1.29 is 28.3 Å². The van der Waals surface area contributed by atoms with Crippen LogP contribution in [0.25, 0.3) is 0 Å². The molecule has 1 heterocycles. The molecule has 1 aromatic carbocycles. The number of aliphatic hydroxyl groups is 1. The number of aliphatic hydroxyl groups excluding tert-OH is 1. The monoisotopic (exact) mass is 598 g/mol. The number of likely N-dealkylation sites (tertiary alicyclic amines) is 1. The maximum absolute atomic E-state index is 13.2. The fourth-order valence-corrected chi connectivity index (χ4v) is 3.92. The van der Waals surface area contributed by atoms with E-state index in [1.54, 1.807) is 24.3 Å². The van der Waals surface area contributed by atoms with E-state index in [1.807, 2.05) is 33.1 Å². The fourth-order valence-electron chi connectivity index (χ4n) is 3.49. The summed E-state index contributed by atoms with van der Waals surface area (Å²) in [5, 5.41) is 21.0. The van der Waals surface area contributed by atoms with Gasteiger partial charge in [-0.05, 0) is 44.3 Å². The van der Waals surface area contributed by atoms with E-state index in [0.29, 0.717) is 36.6 Å². The predicted molar refractivity (Wildman–Crippen MR) is 161 cm³/mol. The van der Waals surface area contributed by atoms with Gasteiger partial charge in [-0.3, -0.25) is 19.3 Å². The Kier molecular flexibility index (Phi) is 22.6. The van der Waals surface area contributed by atoms with Gasteiger partial charge in [-0.1, -0.05) is 25.8 Å². The number of carbonyl (C=O) groups excluding carboxylic acids is 3. The van der Waals surface area contributed by atoms with Gasteiger partial charge in [0.2, 0.25) is 17.7 Å². The number of carbonyl (C=O) groups is 3. The molecule has 1 atom stereocenters. The van der Waals surface area contributed by atoms with Gasteiger partial charge in [0.15, 0.2) is 0 Å². The number of halogens is 2. The molecule has 10 nitrogen and oxygen atoms in total. The van der Waals surface area contributed by atoms with Crippen molar-refractivity contribution in [1.29, 1.82) is 5.26 Å². The van der Waals surface area contributed by atoms with Crippen LogP contribution in [-0.2, 0) is 14.4 Å². The average molecular weight is 599 g/mol. The van der Waals surface area contributed by atoms with E-state index < -0.39 is 17.7 Å². The van der Waals surface area contributed by atoms with Crippen LogP contribution in [0.15, 0.2) is 24.3 Å². The van der Waals surface area contributed by atoms with Crippen LogP contribution < -0.4 is 16.4 Å². The molecule has 0 spiro atoms. The number of benzene rings is 1. The standard InChI is InChI=1S/C13H17F2N3O.C12H17N3O2S.C2H6.CH4O/c14-13(15)5-2-6-18(9-13)8-12(19)17-11-4-1-3-10(16)7-11;1-4-6-14-12(17)10(7-13)8-15(5-2)11(16)9-18-3;2*1-2/h1,3-4,7H,2,5-6,8-9,16H2,(H,17,19);1,10H,5-6,8-9H2,2-3H3,(H,14,17);1-2H3;2H,1H3. The van der Waals surface area contributed by atoms with Gasteiger partial charge in [-0.25, -0.2) is 8.78 Å². The van der Waals surface area contributed by atoms with E-state index in [1.165, 1.54) is 21.6 Å². The lowest BCUT2D eigenvalue weighted by atomic mass is 10.1. The number of alkyl halides is 2. The molecule has 0 saturated carbocycles. The van der Waals surface area contributed by atoms with Crippen molar-refractivity contribution in [3.63, 3.8) is 0 Å². The molecule has 1 aliphatic rings. The van der Waals surface area contributed by atoms with Crippen LogP contribution in [0.4, 0.5) is 20.2 Å². The number of nitrogens with two attached hydrogens (primary N) is 1. The number of piperidine rings is 1. The minimum absolute atomic E-state index is 0.0234. The third-order valence-electron chi connectivity index (χ3n) is 5.25. The van der Waals surface area contributed by atoms with Gasteiger partial charge >= 0.3 is 0 Å². The van der Waals surface area contributed by atoms with Gasteiger partial charge in [-0.15, -0.1) is 6.42 Å². The third kappa shape index (κ3) is 17.8. The lowest BCUT2D eigenvalue weighted by molar-refractivity contribution is -0.130. The number of amides is 3. The van der Waals surface area contributed by atoms with Crippen molar-refractivity contribution in [3.05, 3.63) is 24.3 Å². The van der Waals surface area contributed by atoms with E-state index in [0.717, 1.165) is 7.11 Å². The number of nitrogens with one attached hydrogen (secondary N) is 2. The Bertz CT molecular complexity index is 1000. The van der Waals surface area contributed by atoms with Crippen molar-refractivity contribution in [2.45, 2.75) is 39.5 Å². The molecule has 1 unspecified atom stereocenters. The van der Waals surface area contributed by atoms with Gasteiger partial charge in [0.05, 0.1) is 31.5 Å². The van der Waals surface area contributed by atoms with Crippen LogP contribution in [-0.4, -0.2) is 96.9 Å². The highest BCUT2D eigenvalue weighted by molar-refractivity contribution is 7.99. The number of hydrogen-bond donors (Lipinski definition) is 4. The Morgan fingerprint density at radius 1 is 1.32 bits per heavy atom. The molecular formula is C28H44F2N6O4S. The zero-order valence-electron chi connectivity index (χ0n) is 24.6. The molecule has 0 bridgehead atoms. The van der Waals surface area contributed by atoms with Gasteiger partial charge in [-0.2, -0.15) is 17.0 Å². The summed E-state index contributed by atoms with van der Waals surface area (Å²) in [6.45, 7) is 6.62. The molecule has 3 amide bonds. The largest absolute Gasteiger partial charge is 0.400 e. The SMILES string of the molecule is C#CCNC(=O)C(C#N)CN(CC)C(=O)CSC.CC.CO.Nc1cccc(NC(=O)CN2CCCC(F)(F)C2)c1. The Labute approximate surface area is 247 Å². The maximum Gasteiger partial charge on any atom is 0.260 e. The first-order chi connectivity index (χ1) is 19.5. The normalized spacial score (nSPS) is 13.9. The van der Waals surface area contributed by atoms with E-state index >= 15 is 0 Å². The number of nitrogens with zero attached hydrogens (tertiary/aromatic N) is 3. The second kappa shape index (κ2) is 23.3. The highest BCUT2D eigenvalue weighted by Gasteiger charge is 2.35. The lowest BCUT2D eigenvalue weighted by Gasteiger charge is -2.31. The molecular weight excluding hydrogens is 554 g/mol. The molecule has 230 valence electrons. The number of terminal acetylenes is 1. The van der Waals surface area contributed by atoms with Gasteiger partial charge in [0, 0.05) is 38.0 Å². The van der Waals surface area contributed by atoms with Crippen LogP contribution in [0.1, 0.15) is 33.6 Å². The average Bonchev–Trinajstić information content (AvgIpc) is 2.94. The molecule has 1 aromatic rings. The van der Waals surface area contributed by atoms with Gasteiger partial charge in [0.25, 0.3) is 5.92 Å². The topological polar surface area (TPSA) is 152 Å². The summed E-state index contributed by atoms with van der Waals surface area (Å²) in [7, 11) is 1.00. The molecule has 41 heavy (non-hydrogen) atoms. The molecule has 0 aromatic heterocycles. The maximum atomic E-state index is 13.2.